The van der Waals surface area contributed by atoms with Crippen LogP contribution in [-0.4, -0.2) is 16.4 Å². The molecule has 0 aliphatic carbocycles. The Morgan fingerprint density at radius 1 is 1.64 bits per heavy atom. The summed E-state index contributed by atoms with van der Waals surface area (Å²) in [5.41, 5.74) is 1.04. The molecule has 0 bridgehead atoms. The van der Waals surface area contributed by atoms with Crippen LogP contribution >= 0.6 is 12.4 Å². The molecule has 0 amide bonds. The van der Waals surface area contributed by atoms with Crippen LogP contribution in [0.1, 0.15) is 5.56 Å². The molecule has 0 spiro atoms. The minimum atomic E-state index is 0. The van der Waals surface area contributed by atoms with E-state index in [2.05, 4.69) is 10.1 Å². The zero-order valence-electron chi connectivity index (χ0n) is 5.84. The highest BCUT2D eigenvalue weighted by Gasteiger charge is 1.85. The van der Waals surface area contributed by atoms with Crippen molar-refractivity contribution in [1.29, 1.82) is 0 Å². The van der Waals surface area contributed by atoms with E-state index in [9.17, 15) is 0 Å². The molecule has 0 unspecified atom stereocenters. The highest BCUT2D eigenvalue weighted by molar-refractivity contribution is 5.85. The zero-order valence-corrected chi connectivity index (χ0v) is 6.66. The summed E-state index contributed by atoms with van der Waals surface area (Å²) in [7, 11) is 0. The van der Waals surface area contributed by atoms with Crippen molar-refractivity contribution in [3.8, 4) is 0 Å². The van der Waals surface area contributed by atoms with Gasteiger partial charge in [-0.1, -0.05) is 6.07 Å². The van der Waals surface area contributed by atoms with Crippen molar-refractivity contribution < 1.29 is 5.21 Å². The minimum Gasteiger partial charge on any atom is -0.411 e. The summed E-state index contributed by atoms with van der Waals surface area (Å²) in [4.78, 5) is 3.89. The molecule has 0 saturated carbocycles. The van der Waals surface area contributed by atoms with Gasteiger partial charge < -0.3 is 5.21 Å². The first-order chi connectivity index (χ1) is 4.93. The van der Waals surface area contributed by atoms with E-state index in [1.165, 1.54) is 6.21 Å². The molecule has 0 fully saturated rings. The summed E-state index contributed by atoms with van der Waals surface area (Å²) in [5.74, 6) is 0. The standard InChI is InChI=1S/C7H8N2O.ClH/c10-9-5-3-7-2-1-4-8-6-7;/h1-2,4-6,10H,3H2;1H. The van der Waals surface area contributed by atoms with Crippen LogP contribution in [0.5, 0.6) is 0 Å². The molecule has 1 aromatic rings. The molecule has 3 nitrogen and oxygen atoms in total. The van der Waals surface area contributed by atoms with E-state index >= 15 is 0 Å². The molecule has 11 heavy (non-hydrogen) atoms. The largest absolute Gasteiger partial charge is 0.411 e. The molecule has 0 radical (unpaired) electrons. The van der Waals surface area contributed by atoms with Gasteiger partial charge in [-0.2, -0.15) is 0 Å². The van der Waals surface area contributed by atoms with Gasteiger partial charge in [0, 0.05) is 25.0 Å². The Balaban J connectivity index is 0.000001000. The van der Waals surface area contributed by atoms with Crippen molar-refractivity contribution >= 4 is 18.6 Å². The summed E-state index contributed by atoms with van der Waals surface area (Å²) in [5, 5.41) is 11.0. The average molecular weight is 173 g/mol. The Bertz CT molecular complexity index is 213. The first kappa shape index (κ1) is 9.91. The van der Waals surface area contributed by atoms with Crippen LogP contribution in [0.15, 0.2) is 29.7 Å². The fourth-order valence-electron chi connectivity index (χ4n) is 0.665. The topological polar surface area (TPSA) is 45.5 Å². The number of halogens is 1. The smallest absolute Gasteiger partial charge is 0.0480 e. The van der Waals surface area contributed by atoms with Crippen LogP contribution in [0.4, 0.5) is 0 Å². The van der Waals surface area contributed by atoms with Gasteiger partial charge >= 0.3 is 0 Å². The lowest BCUT2D eigenvalue weighted by molar-refractivity contribution is 0.321. The lowest BCUT2D eigenvalue weighted by Gasteiger charge is -1.90. The van der Waals surface area contributed by atoms with Crippen LogP contribution in [0, 0.1) is 0 Å². The quantitative estimate of drug-likeness (QED) is 0.418. The monoisotopic (exact) mass is 172 g/mol. The van der Waals surface area contributed by atoms with Crippen LogP contribution < -0.4 is 0 Å². The molecular formula is C7H9ClN2O. The predicted molar refractivity (Wildman–Crippen MR) is 45.5 cm³/mol. The molecule has 0 aliphatic heterocycles. The first-order valence-corrected chi connectivity index (χ1v) is 2.98. The SMILES string of the molecule is Cl.ON=CCc1cccnc1. The van der Waals surface area contributed by atoms with Gasteiger partial charge in [-0.3, -0.25) is 4.98 Å². The maximum absolute atomic E-state index is 8.08. The third-order valence-corrected chi connectivity index (χ3v) is 1.13. The van der Waals surface area contributed by atoms with Crippen molar-refractivity contribution in [2.24, 2.45) is 5.16 Å². The number of hydrogen-bond donors (Lipinski definition) is 1. The molecule has 1 rings (SSSR count). The Morgan fingerprint density at radius 3 is 3.00 bits per heavy atom. The zero-order chi connectivity index (χ0) is 7.23. The highest BCUT2D eigenvalue weighted by atomic mass is 35.5. The molecular weight excluding hydrogens is 164 g/mol. The van der Waals surface area contributed by atoms with Gasteiger partial charge in [0.2, 0.25) is 0 Å². The van der Waals surface area contributed by atoms with E-state index < -0.39 is 0 Å². The fraction of sp³-hybridized carbons (Fsp3) is 0.143. The van der Waals surface area contributed by atoms with Gasteiger partial charge in [0.15, 0.2) is 0 Å². The maximum Gasteiger partial charge on any atom is 0.0480 e. The van der Waals surface area contributed by atoms with Crippen molar-refractivity contribution in [3.63, 3.8) is 0 Å². The van der Waals surface area contributed by atoms with Crippen molar-refractivity contribution in [2.45, 2.75) is 6.42 Å². The molecule has 4 heteroatoms. The number of nitrogens with zero attached hydrogens (tertiary/aromatic N) is 2. The van der Waals surface area contributed by atoms with Gasteiger partial charge in [0.1, 0.15) is 0 Å². The highest BCUT2D eigenvalue weighted by Crippen LogP contribution is 1.93. The molecule has 0 aliphatic rings. The van der Waals surface area contributed by atoms with Crippen LogP contribution in [0.25, 0.3) is 0 Å². The number of pyridine rings is 1. The molecule has 60 valence electrons. The van der Waals surface area contributed by atoms with Crippen molar-refractivity contribution in [2.75, 3.05) is 0 Å². The Hall–Kier alpha value is -1.09. The molecule has 1 aromatic heterocycles. The van der Waals surface area contributed by atoms with E-state index in [1.807, 2.05) is 12.1 Å². The summed E-state index contributed by atoms with van der Waals surface area (Å²) < 4.78 is 0. The van der Waals surface area contributed by atoms with Gasteiger partial charge in [0.25, 0.3) is 0 Å². The van der Waals surface area contributed by atoms with E-state index in [1.54, 1.807) is 12.4 Å². The maximum atomic E-state index is 8.08. The summed E-state index contributed by atoms with van der Waals surface area (Å²) >= 11 is 0. The Kier molecular flexibility index (Phi) is 5.11. The normalized spacial score (nSPS) is 9.45. The van der Waals surface area contributed by atoms with Crippen LogP contribution in [-0.2, 0) is 6.42 Å². The molecule has 0 atom stereocenters. The van der Waals surface area contributed by atoms with Crippen molar-refractivity contribution in [1.82, 2.24) is 4.98 Å². The second-order valence-corrected chi connectivity index (χ2v) is 1.86. The van der Waals surface area contributed by atoms with Crippen LogP contribution in [0.3, 0.4) is 0 Å². The number of oxime groups is 1. The molecule has 0 aromatic carbocycles. The number of aromatic nitrogens is 1. The summed E-state index contributed by atoms with van der Waals surface area (Å²) in [6.45, 7) is 0. The second kappa shape index (κ2) is 5.68. The Morgan fingerprint density at radius 2 is 2.45 bits per heavy atom. The lowest BCUT2D eigenvalue weighted by atomic mass is 10.2. The third-order valence-electron chi connectivity index (χ3n) is 1.13. The van der Waals surface area contributed by atoms with Gasteiger partial charge in [0.05, 0.1) is 0 Å². The van der Waals surface area contributed by atoms with Gasteiger partial charge in [-0.25, -0.2) is 0 Å². The molecule has 0 saturated heterocycles. The first-order valence-electron chi connectivity index (χ1n) is 2.98. The molecule has 1 heterocycles. The fourth-order valence-corrected chi connectivity index (χ4v) is 0.665. The van der Waals surface area contributed by atoms with Gasteiger partial charge in [-0.15, -0.1) is 17.6 Å². The summed E-state index contributed by atoms with van der Waals surface area (Å²) in [6.07, 6.45) is 5.50. The number of hydrogen-bond acceptors (Lipinski definition) is 3. The summed E-state index contributed by atoms with van der Waals surface area (Å²) in [6, 6.07) is 3.77. The third kappa shape index (κ3) is 3.57. The van der Waals surface area contributed by atoms with Crippen LogP contribution in [0.2, 0.25) is 0 Å². The van der Waals surface area contributed by atoms with E-state index in [0.717, 1.165) is 5.56 Å². The molecule has 1 N–H and O–H groups in total. The lowest BCUT2D eigenvalue weighted by Crippen LogP contribution is -1.85. The van der Waals surface area contributed by atoms with Gasteiger partial charge in [-0.05, 0) is 11.6 Å². The number of rotatable bonds is 2. The minimum absolute atomic E-state index is 0. The Labute approximate surface area is 71.2 Å². The van der Waals surface area contributed by atoms with E-state index in [-0.39, 0.29) is 12.4 Å². The predicted octanol–water partition coefficient (Wildman–Crippen LogP) is 1.51. The second-order valence-electron chi connectivity index (χ2n) is 1.86. The average Bonchev–Trinajstić information content (AvgIpc) is 2.03. The van der Waals surface area contributed by atoms with Crippen molar-refractivity contribution in [3.05, 3.63) is 30.1 Å². The van der Waals surface area contributed by atoms with E-state index in [0.29, 0.717) is 6.42 Å². The van der Waals surface area contributed by atoms with E-state index in [4.69, 9.17) is 5.21 Å².